The van der Waals surface area contributed by atoms with Gasteiger partial charge in [0, 0.05) is 12.6 Å². The molecule has 222 valence electrons. The lowest BCUT2D eigenvalue weighted by molar-refractivity contribution is 0.0632. The predicted octanol–water partition coefficient (Wildman–Crippen LogP) is 6.73. The van der Waals surface area contributed by atoms with E-state index in [1.54, 1.807) is 4.90 Å². The molecule has 0 bridgehead atoms. The fourth-order valence-electron chi connectivity index (χ4n) is 6.11. The van der Waals surface area contributed by atoms with E-state index >= 15 is 0 Å². The van der Waals surface area contributed by atoms with Crippen LogP contribution >= 0.6 is 0 Å². The molecule has 0 heterocycles. The molecular formula is C35H49NO4Si. The van der Waals surface area contributed by atoms with Crippen LogP contribution in [0.4, 0.5) is 4.79 Å². The van der Waals surface area contributed by atoms with Crippen molar-refractivity contribution in [3.8, 4) is 0 Å². The summed E-state index contributed by atoms with van der Waals surface area (Å²) in [7, 11) is -2.85. The van der Waals surface area contributed by atoms with Gasteiger partial charge in [-0.2, -0.15) is 0 Å². The molecule has 3 rings (SSSR count). The molecule has 5 nitrogen and oxygen atoms in total. The first-order chi connectivity index (χ1) is 19.6. The van der Waals surface area contributed by atoms with Gasteiger partial charge in [0.05, 0.1) is 12.6 Å². The minimum atomic E-state index is -2.85. The Hall–Kier alpha value is -2.93. The topological polar surface area (TPSA) is 70.0 Å². The Bertz CT molecular complexity index is 1130. The number of hydrogen-bond acceptors (Lipinski definition) is 3. The number of aliphatic hydroxyl groups excluding tert-OH is 1. The highest BCUT2D eigenvalue weighted by Gasteiger charge is 2.50. The number of carbonyl (C=O) groups is 1. The van der Waals surface area contributed by atoms with Gasteiger partial charge in [-0.3, -0.25) is 4.90 Å². The first-order valence-electron chi connectivity index (χ1n) is 15.0. The van der Waals surface area contributed by atoms with E-state index in [-0.39, 0.29) is 23.7 Å². The highest BCUT2D eigenvalue weighted by atomic mass is 28.4. The monoisotopic (exact) mass is 575 g/mol. The normalized spacial score (nSPS) is 13.6. The SMILES string of the molecule is CC(C)CC(Cc1ccccc1)N(C(=O)O)[C@@H](CCCCO)CO[Si](c1ccccc1)(c1ccccc1)C(C)(C)C. The number of nitrogens with zero attached hydrogens (tertiary/aromatic N) is 1. The lowest BCUT2D eigenvalue weighted by Crippen LogP contribution is -2.67. The lowest BCUT2D eigenvalue weighted by atomic mass is 9.94. The van der Waals surface area contributed by atoms with Crippen LogP contribution < -0.4 is 10.4 Å². The Morgan fingerprint density at radius 1 is 0.829 bits per heavy atom. The zero-order valence-electron chi connectivity index (χ0n) is 25.5. The van der Waals surface area contributed by atoms with Crippen molar-refractivity contribution in [3.05, 3.63) is 96.6 Å². The fraction of sp³-hybridized carbons (Fsp3) is 0.457. The summed E-state index contributed by atoms with van der Waals surface area (Å²) in [5.41, 5.74) is 1.13. The van der Waals surface area contributed by atoms with E-state index in [4.69, 9.17) is 4.43 Å². The van der Waals surface area contributed by atoms with E-state index in [1.165, 1.54) is 10.4 Å². The van der Waals surface area contributed by atoms with Crippen molar-refractivity contribution in [1.82, 2.24) is 4.90 Å². The second-order valence-electron chi connectivity index (χ2n) is 12.5. The molecule has 0 spiro atoms. The van der Waals surface area contributed by atoms with E-state index < -0.39 is 14.4 Å². The Morgan fingerprint density at radius 3 is 1.78 bits per heavy atom. The summed E-state index contributed by atoms with van der Waals surface area (Å²) in [6.45, 7) is 11.4. The van der Waals surface area contributed by atoms with E-state index in [2.05, 4.69) is 95.3 Å². The molecule has 0 saturated carbocycles. The van der Waals surface area contributed by atoms with Crippen molar-refractivity contribution in [3.63, 3.8) is 0 Å². The highest BCUT2D eigenvalue weighted by Crippen LogP contribution is 2.37. The Morgan fingerprint density at radius 2 is 1.34 bits per heavy atom. The molecule has 0 radical (unpaired) electrons. The molecule has 0 aliphatic rings. The largest absolute Gasteiger partial charge is 0.465 e. The van der Waals surface area contributed by atoms with Crippen LogP contribution in [0.25, 0.3) is 0 Å². The third-order valence-corrected chi connectivity index (χ3v) is 12.9. The third kappa shape index (κ3) is 8.54. The second-order valence-corrected chi connectivity index (χ2v) is 16.8. The van der Waals surface area contributed by atoms with Gasteiger partial charge in [0.2, 0.25) is 0 Å². The number of benzene rings is 3. The van der Waals surface area contributed by atoms with Crippen molar-refractivity contribution in [2.45, 2.75) is 83.8 Å². The number of unbranched alkanes of at least 4 members (excludes halogenated alkanes) is 1. The molecule has 0 aliphatic carbocycles. The van der Waals surface area contributed by atoms with Gasteiger partial charge < -0.3 is 14.6 Å². The van der Waals surface area contributed by atoms with Crippen LogP contribution in [0, 0.1) is 5.92 Å². The standard InChI is InChI=1S/C35H49NO4Si/c1-28(2)25-31(26-29-17-9-6-10-18-29)36(34(38)39)30(19-15-16-24-37)27-40-41(35(3,4)5,32-20-11-7-12-21-32)33-22-13-8-14-23-33/h6-14,17-18,20-23,28,30-31,37H,15-16,19,24-27H2,1-5H3,(H,38,39)/t30-,31?/m0/s1. The molecule has 0 fully saturated rings. The maximum absolute atomic E-state index is 13.1. The molecule has 0 aromatic heterocycles. The number of hydrogen-bond donors (Lipinski definition) is 2. The first kappa shape index (κ1) is 32.6. The summed E-state index contributed by atoms with van der Waals surface area (Å²) in [6.07, 6.45) is 2.50. The molecule has 3 aromatic carbocycles. The zero-order valence-corrected chi connectivity index (χ0v) is 26.5. The van der Waals surface area contributed by atoms with Crippen molar-refractivity contribution in [1.29, 1.82) is 0 Å². The quantitative estimate of drug-likeness (QED) is 0.156. The zero-order chi connectivity index (χ0) is 29.9. The van der Waals surface area contributed by atoms with Crippen LogP contribution in [0.2, 0.25) is 5.04 Å². The maximum Gasteiger partial charge on any atom is 0.407 e. The van der Waals surface area contributed by atoms with Gasteiger partial charge in [0.25, 0.3) is 8.32 Å². The summed E-state index contributed by atoms with van der Waals surface area (Å²) < 4.78 is 7.27. The predicted molar refractivity (Wildman–Crippen MR) is 172 cm³/mol. The number of amides is 1. The Balaban J connectivity index is 2.07. The van der Waals surface area contributed by atoms with Crippen LogP contribution in [0.3, 0.4) is 0 Å². The average Bonchev–Trinajstić information content (AvgIpc) is 2.94. The van der Waals surface area contributed by atoms with Gasteiger partial charge >= 0.3 is 6.09 Å². The molecule has 3 aromatic rings. The van der Waals surface area contributed by atoms with Gasteiger partial charge in [-0.05, 0) is 59.0 Å². The van der Waals surface area contributed by atoms with Crippen LogP contribution in [-0.2, 0) is 10.8 Å². The van der Waals surface area contributed by atoms with Gasteiger partial charge in [-0.25, -0.2) is 4.79 Å². The maximum atomic E-state index is 13.1. The van der Waals surface area contributed by atoms with Crippen LogP contribution in [0.15, 0.2) is 91.0 Å². The van der Waals surface area contributed by atoms with Gasteiger partial charge in [-0.1, -0.05) is 126 Å². The molecule has 6 heteroatoms. The second kappa shape index (κ2) is 15.3. The summed E-state index contributed by atoms with van der Waals surface area (Å²) in [5.74, 6) is 0.334. The number of rotatable bonds is 15. The molecule has 0 aliphatic heterocycles. The third-order valence-electron chi connectivity index (χ3n) is 7.92. The van der Waals surface area contributed by atoms with Crippen LogP contribution in [-0.4, -0.2) is 54.8 Å². The average molecular weight is 576 g/mol. The van der Waals surface area contributed by atoms with E-state index in [1.807, 2.05) is 30.3 Å². The van der Waals surface area contributed by atoms with Crippen molar-refractivity contribution >= 4 is 24.8 Å². The molecule has 1 unspecified atom stereocenters. The van der Waals surface area contributed by atoms with Gasteiger partial charge in [0.1, 0.15) is 0 Å². The highest BCUT2D eigenvalue weighted by molar-refractivity contribution is 6.99. The molecule has 2 atom stereocenters. The number of carboxylic acid groups (broad SMARTS) is 1. The molecule has 41 heavy (non-hydrogen) atoms. The fourth-order valence-corrected chi connectivity index (χ4v) is 10.7. The Kier molecular flexibility index (Phi) is 12.2. The van der Waals surface area contributed by atoms with E-state index in [9.17, 15) is 15.0 Å². The molecule has 0 saturated heterocycles. The van der Waals surface area contributed by atoms with Crippen molar-refractivity contribution < 1.29 is 19.4 Å². The summed E-state index contributed by atoms with van der Waals surface area (Å²) in [6, 6.07) is 30.6. The van der Waals surface area contributed by atoms with Gasteiger partial charge in [0.15, 0.2) is 0 Å². The summed E-state index contributed by atoms with van der Waals surface area (Å²) in [5, 5.41) is 22.4. The van der Waals surface area contributed by atoms with E-state index in [0.717, 1.165) is 18.4 Å². The lowest BCUT2D eigenvalue weighted by Gasteiger charge is -2.45. The molecular weight excluding hydrogens is 526 g/mol. The van der Waals surface area contributed by atoms with Crippen LogP contribution in [0.1, 0.15) is 65.9 Å². The first-order valence-corrected chi connectivity index (χ1v) is 16.9. The Labute approximate surface area is 248 Å². The molecule has 2 N–H and O–H groups in total. The van der Waals surface area contributed by atoms with E-state index in [0.29, 0.717) is 31.8 Å². The van der Waals surface area contributed by atoms with Crippen LogP contribution in [0.5, 0.6) is 0 Å². The van der Waals surface area contributed by atoms with Crippen molar-refractivity contribution in [2.75, 3.05) is 13.2 Å². The minimum absolute atomic E-state index is 0.0921. The number of aliphatic hydroxyl groups is 1. The molecule has 1 amide bonds. The smallest absolute Gasteiger partial charge is 0.407 e. The summed E-state index contributed by atoms with van der Waals surface area (Å²) >= 11 is 0. The minimum Gasteiger partial charge on any atom is -0.465 e. The summed E-state index contributed by atoms with van der Waals surface area (Å²) in [4.78, 5) is 14.8. The van der Waals surface area contributed by atoms with Crippen molar-refractivity contribution in [2.24, 2.45) is 5.92 Å². The van der Waals surface area contributed by atoms with Gasteiger partial charge in [-0.15, -0.1) is 0 Å².